The average molecular weight is 380 g/mol. The van der Waals surface area contributed by atoms with Crippen molar-refractivity contribution in [1.29, 1.82) is 0 Å². The minimum atomic E-state index is -0.476. The third kappa shape index (κ3) is 4.39. The Hall–Kier alpha value is -3.15. The summed E-state index contributed by atoms with van der Waals surface area (Å²) >= 11 is 0. The second kappa shape index (κ2) is 8.69. The number of nitrogens with one attached hydrogen (secondary N) is 1. The molecule has 1 aromatic heterocycles. The van der Waals surface area contributed by atoms with Crippen molar-refractivity contribution in [2.24, 2.45) is 7.05 Å². The molecule has 0 spiro atoms. The number of carbonyl (C=O) groups is 1. The van der Waals surface area contributed by atoms with Gasteiger partial charge in [-0.15, -0.1) is 0 Å². The van der Waals surface area contributed by atoms with Crippen molar-refractivity contribution in [2.45, 2.75) is 19.4 Å². The van der Waals surface area contributed by atoms with E-state index in [1.54, 1.807) is 18.3 Å². The van der Waals surface area contributed by atoms with Crippen LogP contribution in [0.5, 0.6) is 0 Å². The lowest BCUT2D eigenvalue weighted by Crippen LogP contribution is -2.31. The lowest BCUT2D eigenvalue weighted by atomic mass is 10.0. The number of benzene rings is 2. The molecule has 1 N–H and O–H groups in total. The van der Waals surface area contributed by atoms with Gasteiger partial charge >= 0.3 is 0 Å². The summed E-state index contributed by atoms with van der Waals surface area (Å²) in [7, 11) is 3.90. The van der Waals surface area contributed by atoms with E-state index in [0.29, 0.717) is 11.4 Å². The third-order valence-electron chi connectivity index (χ3n) is 4.72. The second-order valence-corrected chi connectivity index (χ2v) is 6.82. The van der Waals surface area contributed by atoms with Gasteiger partial charge in [-0.25, -0.2) is 9.37 Å². The number of rotatable bonds is 7. The van der Waals surface area contributed by atoms with Crippen molar-refractivity contribution in [1.82, 2.24) is 14.9 Å². The van der Waals surface area contributed by atoms with Crippen LogP contribution in [-0.4, -0.2) is 29.1 Å². The molecule has 1 heterocycles. The van der Waals surface area contributed by atoms with Crippen molar-refractivity contribution in [3.63, 3.8) is 0 Å². The summed E-state index contributed by atoms with van der Waals surface area (Å²) in [6.45, 7) is 3.09. The Balaban J connectivity index is 1.83. The molecule has 28 heavy (non-hydrogen) atoms. The molecule has 1 unspecified atom stereocenters. The average Bonchev–Trinajstić information content (AvgIpc) is 3.12. The highest BCUT2D eigenvalue weighted by molar-refractivity contribution is 5.95. The SMILES string of the molecule is CCCN(C)c1ccc(C(=O)NC(c2ccc(F)cc2)c2nccn2C)cc1. The Morgan fingerprint density at radius 3 is 2.43 bits per heavy atom. The zero-order valence-electron chi connectivity index (χ0n) is 16.4. The van der Waals surface area contributed by atoms with Crippen LogP contribution in [0.1, 0.15) is 41.1 Å². The molecule has 6 heteroatoms. The fraction of sp³-hybridized carbons (Fsp3) is 0.273. The van der Waals surface area contributed by atoms with Gasteiger partial charge in [0.05, 0.1) is 0 Å². The first-order valence-electron chi connectivity index (χ1n) is 9.34. The first kappa shape index (κ1) is 19.6. The molecule has 0 aliphatic carbocycles. The van der Waals surface area contributed by atoms with Crippen molar-refractivity contribution >= 4 is 11.6 Å². The van der Waals surface area contributed by atoms with Crippen LogP contribution in [0, 0.1) is 5.82 Å². The van der Waals surface area contributed by atoms with Gasteiger partial charge in [-0.05, 0) is 48.4 Å². The molecule has 0 aliphatic heterocycles. The Bertz CT molecular complexity index is 918. The molecule has 1 atom stereocenters. The summed E-state index contributed by atoms with van der Waals surface area (Å²) in [5.41, 5.74) is 2.40. The minimum absolute atomic E-state index is 0.206. The minimum Gasteiger partial charge on any atom is -0.375 e. The number of amides is 1. The van der Waals surface area contributed by atoms with E-state index in [2.05, 4.69) is 22.1 Å². The highest BCUT2D eigenvalue weighted by Crippen LogP contribution is 2.22. The number of aromatic nitrogens is 2. The van der Waals surface area contributed by atoms with Crippen molar-refractivity contribution < 1.29 is 9.18 Å². The van der Waals surface area contributed by atoms with Crippen LogP contribution in [0.3, 0.4) is 0 Å². The number of halogens is 1. The zero-order valence-corrected chi connectivity index (χ0v) is 16.4. The van der Waals surface area contributed by atoms with Gasteiger partial charge in [0, 0.05) is 44.3 Å². The van der Waals surface area contributed by atoms with E-state index in [4.69, 9.17) is 0 Å². The predicted octanol–water partition coefficient (Wildman–Crippen LogP) is 3.92. The molecule has 3 aromatic rings. The third-order valence-corrected chi connectivity index (χ3v) is 4.72. The topological polar surface area (TPSA) is 50.2 Å². The van der Waals surface area contributed by atoms with Gasteiger partial charge < -0.3 is 14.8 Å². The summed E-state index contributed by atoms with van der Waals surface area (Å²) in [4.78, 5) is 19.4. The second-order valence-electron chi connectivity index (χ2n) is 6.82. The number of hydrogen-bond acceptors (Lipinski definition) is 3. The van der Waals surface area contributed by atoms with Crippen molar-refractivity contribution in [3.05, 3.63) is 83.7 Å². The molecule has 146 valence electrons. The maximum absolute atomic E-state index is 13.3. The Labute approximate surface area is 164 Å². The lowest BCUT2D eigenvalue weighted by molar-refractivity contribution is 0.0941. The monoisotopic (exact) mass is 380 g/mol. The molecule has 0 bridgehead atoms. The quantitative estimate of drug-likeness (QED) is 0.676. The molecular weight excluding hydrogens is 355 g/mol. The number of imidazole rings is 1. The molecule has 0 fully saturated rings. The van der Waals surface area contributed by atoms with E-state index in [-0.39, 0.29) is 11.7 Å². The maximum atomic E-state index is 13.3. The van der Waals surface area contributed by atoms with Crippen LogP contribution in [0.15, 0.2) is 60.9 Å². The summed E-state index contributed by atoms with van der Waals surface area (Å²) < 4.78 is 15.2. The number of nitrogens with zero attached hydrogens (tertiary/aromatic N) is 3. The van der Waals surface area contributed by atoms with Gasteiger partial charge in [0.2, 0.25) is 0 Å². The molecular formula is C22H25FN4O. The summed E-state index contributed by atoms with van der Waals surface area (Å²) in [6.07, 6.45) is 4.55. The molecule has 0 saturated heterocycles. The number of aryl methyl sites for hydroxylation is 1. The summed E-state index contributed by atoms with van der Waals surface area (Å²) in [5, 5.41) is 3.03. The maximum Gasteiger partial charge on any atom is 0.252 e. The standard InChI is InChI=1S/C22H25FN4O/c1-4-14-26(2)19-11-7-17(8-12-19)22(28)25-20(21-24-13-15-27(21)3)16-5-9-18(23)10-6-16/h5-13,15,20H,4,14H2,1-3H3,(H,25,28). The van der Waals surface area contributed by atoms with Crippen LogP contribution in [0.25, 0.3) is 0 Å². The van der Waals surface area contributed by atoms with Gasteiger partial charge in [0.15, 0.2) is 0 Å². The zero-order chi connectivity index (χ0) is 20.1. The first-order valence-corrected chi connectivity index (χ1v) is 9.34. The summed E-state index contributed by atoms with van der Waals surface area (Å²) in [5.74, 6) is 0.154. The number of anilines is 1. The molecule has 1 amide bonds. The normalized spacial score (nSPS) is 11.9. The Kier molecular flexibility index (Phi) is 6.09. The highest BCUT2D eigenvalue weighted by Gasteiger charge is 2.21. The van der Waals surface area contributed by atoms with Crippen LogP contribution in [-0.2, 0) is 7.05 Å². The fourth-order valence-electron chi connectivity index (χ4n) is 3.15. The largest absolute Gasteiger partial charge is 0.375 e. The molecule has 2 aromatic carbocycles. The Morgan fingerprint density at radius 1 is 1.18 bits per heavy atom. The molecule has 3 rings (SSSR count). The molecule has 0 saturated carbocycles. The summed E-state index contributed by atoms with van der Waals surface area (Å²) in [6, 6.07) is 13.1. The Morgan fingerprint density at radius 2 is 1.86 bits per heavy atom. The van der Waals surface area contributed by atoms with E-state index in [1.165, 1.54) is 12.1 Å². The van der Waals surface area contributed by atoms with Gasteiger partial charge in [-0.2, -0.15) is 0 Å². The lowest BCUT2D eigenvalue weighted by Gasteiger charge is -2.20. The van der Waals surface area contributed by atoms with Crippen LogP contribution in [0.4, 0.5) is 10.1 Å². The number of carbonyl (C=O) groups excluding carboxylic acids is 1. The van der Waals surface area contributed by atoms with Gasteiger partial charge in [0.25, 0.3) is 5.91 Å². The van der Waals surface area contributed by atoms with Crippen molar-refractivity contribution in [3.8, 4) is 0 Å². The first-order chi connectivity index (χ1) is 13.5. The fourth-order valence-corrected chi connectivity index (χ4v) is 3.15. The van der Waals surface area contributed by atoms with E-state index in [9.17, 15) is 9.18 Å². The molecule has 0 radical (unpaired) electrons. The molecule has 5 nitrogen and oxygen atoms in total. The molecule has 0 aliphatic rings. The number of hydrogen-bond donors (Lipinski definition) is 1. The van der Waals surface area contributed by atoms with Gasteiger partial charge in [-0.1, -0.05) is 19.1 Å². The van der Waals surface area contributed by atoms with E-state index < -0.39 is 6.04 Å². The van der Waals surface area contributed by atoms with Crippen LogP contribution >= 0.6 is 0 Å². The van der Waals surface area contributed by atoms with Gasteiger partial charge in [0.1, 0.15) is 17.7 Å². The van der Waals surface area contributed by atoms with E-state index in [1.807, 2.05) is 49.1 Å². The van der Waals surface area contributed by atoms with Crippen LogP contribution in [0.2, 0.25) is 0 Å². The van der Waals surface area contributed by atoms with E-state index >= 15 is 0 Å². The predicted molar refractivity (Wildman–Crippen MR) is 109 cm³/mol. The van der Waals surface area contributed by atoms with E-state index in [0.717, 1.165) is 24.2 Å². The van der Waals surface area contributed by atoms with Crippen LogP contribution < -0.4 is 10.2 Å². The smallest absolute Gasteiger partial charge is 0.252 e. The van der Waals surface area contributed by atoms with Gasteiger partial charge in [-0.3, -0.25) is 4.79 Å². The van der Waals surface area contributed by atoms with Crippen molar-refractivity contribution in [2.75, 3.05) is 18.5 Å². The highest BCUT2D eigenvalue weighted by atomic mass is 19.1.